The molecule has 47 heavy (non-hydrogen) atoms. The molecule has 12 nitrogen and oxygen atoms in total. The van der Waals surface area contributed by atoms with Gasteiger partial charge < -0.3 is 23.8 Å². The van der Waals surface area contributed by atoms with Crippen molar-refractivity contribution in [1.82, 2.24) is 14.8 Å². The highest BCUT2D eigenvalue weighted by molar-refractivity contribution is 7.86. The highest BCUT2D eigenvalue weighted by atomic mass is 35.5. The summed E-state index contributed by atoms with van der Waals surface area (Å²) >= 11 is 5.88. The van der Waals surface area contributed by atoms with Crippen LogP contribution in [0.5, 0.6) is 0 Å². The van der Waals surface area contributed by atoms with Crippen molar-refractivity contribution < 1.29 is 45.0 Å². The molecular formula is C31H36ClFN3O9PS. The average Bonchev–Trinajstić information content (AvgIpc) is 3.43. The van der Waals surface area contributed by atoms with Gasteiger partial charge in [0.05, 0.1) is 41.9 Å². The first-order valence-corrected chi connectivity index (χ1v) is 18.8. The monoisotopic (exact) mass is 711 g/mol. The fourth-order valence-corrected chi connectivity index (χ4v) is 8.48. The standard InChI is InChI=1S/C31H36ClFN3O9PS/c1-5-43-46(40,44-6-2)21-10-11-22-23(19(3)37)16-35(25(22)12-21)17-28(38)36-26(13-31(14-27(31)36)18-45-47(4,41)42)30(39)34-15-20-8-7-9-24(32)29(20)33/h7-12,16,26-27H,5-6,13-15,17-18H2,1-4H3,(H,34,39)/t26-,27?,31?/m0/s1. The lowest BCUT2D eigenvalue weighted by atomic mass is 10.00. The second kappa shape index (κ2) is 13.4. The van der Waals surface area contributed by atoms with E-state index < -0.39 is 52.8 Å². The number of hydrogen-bond donors (Lipinski definition) is 1. The number of nitrogens with one attached hydrogen (secondary N) is 1. The minimum Gasteiger partial charge on any atom is -0.350 e. The van der Waals surface area contributed by atoms with Gasteiger partial charge in [-0.3, -0.25) is 23.1 Å². The van der Waals surface area contributed by atoms with Crippen LogP contribution in [0.25, 0.3) is 10.9 Å². The zero-order valence-corrected chi connectivity index (χ0v) is 28.8. The number of hydrogen-bond acceptors (Lipinski definition) is 9. The van der Waals surface area contributed by atoms with Crippen molar-refractivity contribution >= 4 is 63.1 Å². The summed E-state index contributed by atoms with van der Waals surface area (Å²) in [7, 11) is -7.50. The van der Waals surface area contributed by atoms with E-state index in [9.17, 15) is 31.8 Å². The lowest BCUT2D eigenvalue weighted by Gasteiger charge is -2.27. The van der Waals surface area contributed by atoms with Crippen LogP contribution in [0.4, 0.5) is 4.39 Å². The Morgan fingerprint density at radius 2 is 1.83 bits per heavy atom. The van der Waals surface area contributed by atoms with Crippen LogP contribution < -0.4 is 10.6 Å². The number of ketones is 1. The van der Waals surface area contributed by atoms with Gasteiger partial charge in [-0.25, -0.2) is 4.39 Å². The summed E-state index contributed by atoms with van der Waals surface area (Å²) in [5, 5.41) is 3.36. The molecule has 2 fully saturated rings. The molecule has 1 saturated heterocycles. The normalized spacial score (nSPS) is 20.8. The number of halogens is 2. The van der Waals surface area contributed by atoms with Gasteiger partial charge in [0.1, 0.15) is 18.4 Å². The van der Waals surface area contributed by atoms with Crippen LogP contribution in [0.1, 0.15) is 49.5 Å². The topological polar surface area (TPSA) is 150 Å². The molecular weight excluding hydrogens is 676 g/mol. The van der Waals surface area contributed by atoms with Gasteiger partial charge in [-0.05, 0) is 51.8 Å². The van der Waals surface area contributed by atoms with Crippen LogP contribution >= 0.6 is 19.2 Å². The molecule has 3 aromatic rings. The predicted molar refractivity (Wildman–Crippen MR) is 173 cm³/mol. The molecule has 0 spiro atoms. The predicted octanol–water partition coefficient (Wildman–Crippen LogP) is 4.18. The summed E-state index contributed by atoms with van der Waals surface area (Å²) in [4.78, 5) is 41.6. The quantitative estimate of drug-likeness (QED) is 0.148. The maximum Gasteiger partial charge on any atom is 0.361 e. The molecule has 0 radical (unpaired) electrons. The molecule has 254 valence electrons. The number of benzene rings is 2. The van der Waals surface area contributed by atoms with Gasteiger partial charge in [0.15, 0.2) is 5.78 Å². The maximum absolute atomic E-state index is 14.5. The van der Waals surface area contributed by atoms with Gasteiger partial charge in [-0.1, -0.05) is 29.8 Å². The summed E-state index contributed by atoms with van der Waals surface area (Å²) in [6.07, 6.45) is 3.00. The van der Waals surface area contributed by atoms with E-state index in [2.05, 4.69) is 5.32 Å². The summed E-state index contributed by atoms with van der Waals surface area (Å²) in [6.45, 7) is 4.33. The summed E-state index contributed by atoms with van der Waals surface area (Å²) in [5.41, 5.74) is 0.160. The van der Waals surface area contributed by atoms with Crippen molar-refractivity contribution in [1.29, 1.82) is 0 Å². The molecule has 2 unspecified atom stereocenters. The molecule has 1 aliphatic heterocycles. The van der Waals surface area contributed by atoms with E-state index in [1.807, 2.05) is 0 Å². The molecule has 1 aliphatic carbocycles. The Kier molecular flexibility index (Phi) is 10.0. The Morgan fingerprint density at radius 1 is 1.13 bits per heavy atom. The van der Waals surface area contributed by atoms with E-state index in [4.69, 9.17) is 24.8 Å². The molecule has 1 aromatic heterocycles. The number of rotatable bonds is 14. The Balaban J connectivity index is 1.46. The zero-order chi connectivity index (χ0) is 34.3. The summed E-state index contributed by atoms with van der Waals surface area (Å²) < 4.78 is 69.3. The molecule has 2 aromatic carbocycles. The first-order valence-electron chi connectivity index (χ1n) is 15.0. The molecule has 2 aliphatic rings. The van der Waals surface area contributed by atoms with Gasteiger partial charge >= 0.3 is 7.60 Å². The number of carbonyl (C=O) groups excluding carboxylic acids is 3. The largest absolute Gasteiger partial charge is 0.361 e. The highest BCUT2D eigenvalue weighted by Gasteiger charge is 2.67. The smallest absolute Gasteiger partial charge is 0.350 e. The first-order chi connectivity index (χ1) is 22.1. The molecule has 1 saturated carbocycles. The zero-order valence-electron chi connectivity index (χ0n) is 26.3. The fraction of sp³-hybridized carbons (Fsp3) is 0.452. The van der Waals surface area contributed by atoms with Crippen molar-refractivity contribution in [3.05, 3.63) is 64.6 Å². The molecule has 5 rings (SSSR count). The van der Waals surface area contributed by atoms with Crippen molar-refractivity contribution in [2.45, 2.75) is 58.8 Å². The second-order valence-electron chi connectivity index (χ2n) is 11.8. The van der Waals surface area contributed by atoms with Gasteiger partial charge in [0.25, 0.3) is 10.1 Å². The maximum atomic E-state index is 14.5. The number of carbonyl (C=O) groups is 3. The Hall–Kier alpha value is -3.13. The van der Waals surface area contributed by atoms with Crippen LogP contribution in [-0.2, 0) is 50.6 Å². The van der Waals surface area contributed by atoms with E-state index in [1.165, 1.54) is 30.2 Å². The van der Waals surface area contributed by atoms with Gasteiger partial charge in [-0.2, -0.15) is 8.42 Å². The number of fused-ring (bicyclic) bond motifs is 2. The molecule has 1 N–H and O–H groups in total. The van der Waals surface area contributed by atoms with Gasteiger partial charge in [-0.15, -0.1) is 0 Å². The SMILES string of the molecule is CCOP(=O)(OCC)c1ccc2c(C(C)=O)cn(CC(=O)N3C4CC4(COS(C)(=O)=O)C[C@H]3C(=O)NCc3cccc(Cl)c3F)c2c1. The highest BCUT2D eigenvalue weighted by Crippen LogP contribution is 2.60. The molecule has 0 bridgehead atoms. The third-order valence-electron chi connectivity index (χ3n) is 8.52. The third kappa shape index (κ3) is 7.18. The number of nitrogens with zero attached hydrogens (tertiary/aromatic N) is 2. The fourth-order valence-electron chi connectivity index (χ4n) is 6.25. The van der Waals surface area contributed by atoms with Crippen LogP contribution in [0.2, 0.25) is 5.02 Å². The van der Waals surface area contributed by atoms with Crippen molar-refractivity contribution in [3.8, 4) is 0 Å². The van der Waals surface area contributed by atoms with Gasteiger partial charge in [0, 0.05) is 40.7 Å². The summed E-state index contributed by atoms with van der Waals surface area (Å²) in [5.74, 6) is -1.95. The Bertz CT molecular complexity index is 1890. The van der Waals surface area contributed by atoms with Crippen LogP contribution in [-0.4, -0.2) is 73.6 Å². The summed E-state index contributed by atoms with van der Waals surface area (Å²) in [6, 6.07) is 7.68. The van der Waals surface area contributed by atoms with E-state index in [0.29, 0.717) is 22.9 Å². The molecule has 3 atom stereocenters. The Labute approximate surface area is 277 Å². The van der Waals surface area contributed by atoms with Crippen molar-refractivity contribution in [2.24, 2.45) is 5.41 Å². The van der Waals surface area contributed by atoms with E-state index >= 15 is 0 Å². The number of piperidine rings is 1. The van der Waals surface area contributed by atoms with E-state index in [-0.39, 0.29) is 61.0 Å². The van der Waals surface area contributed by atoms with Crippen LogP contribution in [0.15, 0.2) is 42.6 Å². The third-order valence-corrected chi connectivity index (χ3v) is 11.5. The molecule has 16 heteroatoms. The first kappa shape index (κ1) is 35.2. The molecule has 2 amide bonds. The van der Waals surface area contributed by atoms with Crippen molar-refractivity contribution in [2.75, 3.05) is 26.1 Å². The second-order valence-corrected chi connectivity index (χ2v) is 15.8. The van der Waals surface area contributed by atoms with Gasteiger partial charge in [0.2, 0.25) is 11.8 Å². The lowest BCUT2D eigenvalue weighted by Crippen LogP contribution is -2.48. The van der Waals surface area contributed by atoms with E-state index in [1.54, 1.807) is 42.7 Å². The van der Waals surface area contributed by atoms with Crippen molar-refractivity contribution in [3.63, 3.8) is 0 Å². The number of likely N-dealkylation sites (tertiary alicyclic amines) is 1. The average molecular weight is 712 g/mol. The minimum atomic E-state index is -3.79. The lowest BCUT2D eigenvalue weighted by molar-refractivity contribution is -0.140. The Morgan fingerprint density at radius 3 is 2.47 bits per heavy atom. The minimum absolute atomic E-state index is 0.0987. The number of amides is 2. The number of aromatic nitrogens is 1. The number of Topliss-reactive ketones (excluding diaryl/α,β-unsaturated/α-hetero) is 1. The van der Waals surface area contributed by atoms with E-state index in [0.717, 1.165) is 6.26 Å². The molecule has 2 heterocycles. The van der Waals surface area contributed by atoms with Crippen LogP contribution in [0.3, 0.4) is 0 Å². The van der Waals surface area contributed by atoms with Crippen LogP contribution in [0, 0.1) is 11.2 Å².